The fourth-order valence-electron chi connectivity index (χ4n) is 1.92. The number of benzene rings is 2. The molecule has 0 spiro atoms. The minimum atomic E-state index is -0.317. The second-order valence-corrected chi connectivity index (χ2v) is 5.62. The van der Waals surface area contributed by atoms with Gasteiger partial charge in [-0.25, -0.2) is 4.39 Å². The molecule has 2 aromatic carbocycles. The van der Waals surface area contributed by atoms with Gasteiger partial charge in [-0.3, -0.25) is 0 Å². The quantitative estimate of drug-likeness (QED) is 0.857. The third-order valence-corrected chi connectivity index (χ3v) is 3.32. The summed E-state index contributed by atoms with van der Waals surface area (Å²) in [5.74, 6) is 0.533. The van der Waals surface area contributed by atoms with Gasteiger partial charge in [0.05, 0.1) is 0 Å². The molecule has 1 N–H and O–H groups in total. The predicted octanol–water partition coefficient (Wildman–Crippen LogP) is 4.34. The van der Waals surface area contributed by atoms with Crippen LogP contribution in [0, 0.1) is 12.7 Å². The number of nitrogens with one attached hydrogen (secondary N) is 1. The Kier molecular flexibility index (Phi) is 5.59. The summed E-state index contributed by atoms with van der Waals surface area (Å²) in [7, 11) is 0. The number of hydrogen-bond acceptors (Lipinski definition) is 2. The molecule has 0 saturated heterocycles. The Morgan fingerprint density at radius 1 is 1.19 bits per heavy atom. The Labute approximate surface area is 129 Å². The van der Waals surface area contributed by atoms with E-state index in [-0.39, 0.29) is 11.9 Å². The van der Waals surface area contributed by atoms with Crippen LogP contribution in [0.2, 0.25) is 5.02 Å². The predicted molar refractivity (Wildman–Crippen MR) is 84.4 cm³/mol. The van der Waals surface area contributed by atoms with Crippen LogP contribution in [0.1, 0.15) is 18.1 Å². The van der Waals surface area contributed by atoms with Crippen LogP contribution < -0.4 is 10.1 Å². The van der Waals surface area contributed by atoms with Crippen LogP contribution in [0.3, 0.4) is 0 Å². The number of rotatable bonds is 6. The number of hydrogen-bond donors (Lipinski definition) is 1. The van der Waals surface area contributed by atoms with Crippen LogP contribution in [0.25, 0.3) is 0 Å². The van der Waals surface area contributed by atoms with E-state index in [0.29, 0.717) is 18.2 Å². The highest BCUT2D eigenvalue weighted by molar-refractivity contribution is 6.30. The maximum absolute atomic E-state index is 13.2. The molecule has 0 aliphatic rings. The summed E-state index contributed by atoms with van der Waals surface area (Å²) in [5, 5.41) is 3.70. The molecular formula is C17H19ClFNO. The van der Waals surface area contributed by atoms with Crippen molar-refractivity contribution in [1.82, 2.24) is 5.32 Å². The summed E-state index contributed by atoms with van der Waals surface area (Å²) < 4.78 is 18.9. The lowest BCUT2D eigenvalue weighted by Crippen LogP contribution is -2.31. The third-order valence-electron chi connectivity index (χ3n) is 3.10. The lowest BCUT2D eigenvalue weighted by atomic mass is 10.2. The van der Waals surface area contributed by atoms with Crippen molar-refractivity contribution in [2.45, 2.75) is 26.4 Å². The molecule has 0 radical (unpaired) electrons. The molecule has 2 aromatic rings. The summed E-state index contributed by atoms with van der Waals surface area (Å²) in [6.45, 7) is 5.16. The summed E-state index contributed by atoms with van der Waals surface area (Å²) >= 11 is 5.83. The molecule has 0 bridgehead atoms. The largest absolute Gasteiger partial charge is 0.492 e. The summed E-state index contributed by atoms with van der Waals surface area (Å²) in [5.41, 5.74) is 2.03. The van der Waals surface area contributed by atoms with Gasteiger partial charge >= 0.3 is 0 Å². The molecule has 0 aromatic heterocycles. The number of aryl methyl sites for hydroxylation is 1. The molecule has 0 heterocycles. The Morgan fingerprint density at radius 2 is 1.90 bits per heavy atom. The average Bonchev–Trinajstić information content (AvgIpc) is 2.43. The van der Waals surface area contributed by atoms with Crippen molar-refractivity contribution in [3.63, 3.8) is 0 Å². The molecule has 2 rings (SSSR count). The fraction of sp³-hybridized carbons (Fsp3) is 0.294. The van der Waals surface area contributed by atoms with E-state index >= 15 is 0 Å². The zero-order valence-electron chi connectivity index (χ0n) is 12.2. The second-order valence-electron chi connectivity index (χ2n) is 5.18. The van der Waals surface area contributed by atoms with Gasteiger partial charge in [0.1, 0.15) is 18.2 Å². The highest BCUT2D eigenvalue weighted by Crippen LogP contribution is 2.14. The highest BCUT2D eigenvalue weighted by atomic mass is 35.5. The SMILES string of the molecule is Cc1ccc(OCC(C)NCc2cc(F)cc(Cl)c2)cc1. The third kappa shape index (κ3) is 5.37. The second kappa shape index (κ2) is 7.43. The van der Waals surface area contributed by atoms with Crippen molar-refractivity contribution in [2.75, 3.05) is 6.61 Å². The molecule has 0 fully saturated rings. The van der Waals surface area contributed by atoms with Crippen LogP contribution in [0.5, 0.6) is 5.75 Å². The van der Waals surface area contributed by atoms with Crippen molar-refractivity contribution in [3.8, 4) is 5.75 Å². The first-order chi connectivity index (χ1) is 10.0. The molecule has 0 amide bonds. The first kappa shape index (κ1) is 15.8. The van der Waals surface area contributed by atoms with E-state index in [1.165, 1.54) is 17.7 Å². The summed E-state index contributed by atoms with van der Waals surface area (Å²) in [4.78, 5) is 0. The summed E-state index contributed by atoms with van der Waals surface area (Å²) in [6, 6.07) is 12.6. The van der Waals surface area contributed by atoms with Gasteiger partial charge in [0.15, 0.2) is 0 Å². The van der Waals surface area contributed by atoms with E-state index in [0.717, 1.165) is 11.3 Å². The monoisotopic (exact) mass is 307 g/mol. The lowest BCUT2D eigenvalue weighted by molar-refractivity contribution is 0.272. The van der Waals surface area contributed by atoms with Crippen LogP contribution in [-0.2, 0) is 6.54 Å². The maximum Gasteiger partial charge on any atom is 0.125 e. The molecule has 0 aliphatic heterocycles. The first-order valence-corrected chi connectivity index (χ1v) is 7.28. The van der Waals surface area contributed by atoms with Gasteiger partial charge < -0.3 is 10.1 Å². The topological polar surface area (TPSA) is 21.3 Å². The molecule has 4 heteroatoms. The molecule has 0 aliphatic carbocycles. The van der Waals surface area contributed by atoms with Crippen LogP contribution in [-0.4, -0.2) is 12.6 Å². The van der Waals surface area contributed by atoms with E-state index in [2.05, 4.69) is 5.32 Å². The zero-order valence-corrected chi connectivity index (χ0v) is 13.0. The van der Waals surface area contributed by atoms with Gasteiger partial charge in [0.25, 0.3) is 0 Å². The normalized spacial score (nSPS) is 12.2. The van der Waals surface area contributed by atoms with E-state index in [1.54, 1.807) is 6.07 Å². The van der Waals surface area contributed by atoms with Gasteiger partial charge in [0, 0.05) is 17.6 Å². The molecular weight excluding hydrogens is 289 g/mol. The van der Waals surface area contributed by atoms with Crippen molar-refractivity contribution in [3.05, 3.63) is 64.4 Å². The van der Waals surface area contributed by atoms with E-state index in [4.69, 9.17) is 16.3 Å². The maximum atomic E-state index is 13.2. The van der Waals surface area contributed by atoms with Gasteiger partial charge in [0.2, 0.25) is 0 Å². The molecule has 112 valence electrons. The molecule has 1 atom stereocenters. The van der Waals surface area contributed by atoms with Crippen LogP contribution in [0.4, 0.5) is 4.39 Å². The van der Waals surface area contributed by atoms with Crippen LogP contribution >= 0.6 is 11.6 Å². The van der Waals surface area contributed by atoms with Gasteiger partial charge in [-0.05, 0) is 49.7 Å². The molecule has 1 unspecified atom stereocenters. The van der Waals surface area contributed by atoms with Crippen molar-refractivity contribution in [2.24, 2.45) is 0 Å². The highest BCUT2D eigenvalue weighted by Gasteiger charge is 2.05. The molecule has 0 saturated carbocycles. The fourth-order valence-corrected chi connectivity index (χ4v) is 2.16. The van der Waals surface area contributed by atoms with Crippen molar-refractivity contribution < 1.29 is 9.13 Å². The standard InChI is InChI=1S/C17H19ClFNO/c1-12-3-5-17(6-4-12)21-11-13(2)20-10-14-7-15(18)9-16(19)8-14/h3-9,13,20H,10-11H2,1-2H3. The average molecular weight is 308 g/mol. The van der Waals surface area contributed by atoms with E-state index < -0.39 is 0 Å². The van der Waals surface area contributed by atoms with Gasteiger partial charge in [-0.1, -0.05) is 29.3 Å². The lowest BCUT2D eigenvalue weighted by Gasteiger charge is -2.15. The van der Waals surface area contributed by atoms with E-state index in [9.17, 15) is 4.39 Å². The smallest absolute Gasteiger partial charge is 0.125 e. The first-order valence-electron chi connectivity index (χ1n) is 6.91. The number of halogens is 2. The Hall–Kier alpha value is -1.58. The van der Waals surface area contributed by atoms with E-state index in [1.807, 2.05) is 38.1 Å². The van der Waals surface area contributed by atoms with Crippen LogP contribution in [0.15, 0.2) is 42.5 Å². The Morgan fingerprint density at radius 3 is 2.57 bits per heavy atom. The minimum absolute atomic E-state index is 0.147. The minimum Gasteiger partial charge on any atom is -0.492 e. The molecule has 21 heavy (non-hydrogen) atoms. The van der Waals surface area contributed by atoms with Gasteiger partial charge in [-0.2, -0.15) is 0 Å². The Bertz CT molecular complexity index is 566. The summed E-state index contributed by atoms with van der Waals surface area (Å²) in [6.07, 6.45) is 0. The molecule has 2 nitrogen and oxygen atoms in total. The van der Waals surface area contributed by atoms with Crippen molar-refractivity contribution in [1.29, 1.82) is 0 Å². The van der Waals surface area contributed by atoms with Gasteiger partial charge in [-0.15, -0.1) is 0 Å². The van der Waals surface area contributed by atoms with Crippen molar-refractivity contribution >= 4 is 11.6 Å². The zero-order chi connectivity index (χ0) is 15.2. The Balaban J connectivity index is 1.79. The number of ether oxygens (including phenoxy) is 1.